The van der Waals surface area contributed by atoms with Crippen LogP contribution in [0.5, 0.6) is 11.5 Å². The van der Waals surface area contributed by atoms with Gasteiger partial charge in [0.2, 0.25) is 5.91 Å². The first-order valence-electron chi connectivity index (χ1n) is 10.6. The maximum absolute atomic E-state index is 13.0. The number of primary amides is 1. The van der Waals surface area contributed by atoms with Crippen LogP contribution in [-0.4, -0.2) is 35.8 Å². The van der Waals surface area contributed by atoms with E-state index in [2.05, 4.69) is 0 Å². The van der Waals surface area contributed by atoms with Crippen LogP contribution in [0.2, 0.25) is 0 Å². The smallest absolute Gasteiger partial charge is 0.262 e. The molecule has 1 saturated carbocycles. The summed E-state index contributed by atoms with van der Waals surface area (Å²) in [5.41, 5.74) is 6.75. The molecule has 0 aromatic heterocycles. The van der Waals surface area contributed by atoms with Crippen molar-refractivity contribution in [3.63, 3.8) is 0 Å². The highest BCUT2D eigenvalue weighted by atomic mass is 16.5. The number of methoxy groups -OCH3 is 1. The van der Waals surface area contributed by atoms with Gasteiger partial charge in [0.05, 0.1) is 36.8 Å². The first-order valence-corrected chi connectivity index (χ1v) is 10.6. The molecule has 31 heavy (non-hydrogen) atoms. The highest BCUT2D eigenvalue weighted by molar-refractivity contribution is 6.21. The van der Waals surface area contributed by atoms with Crippen molar-refractivity contribution < 1.29 is 23.9 Å². The summed E-state index contributed by atoms with van der Waals surface area (Å²) in [6.07, 6.45) is 5.29. The molecule has 7 nitrogen and oxygen atoms in total. The Bertz CT molecular complexity index is 978. The third kappa shape index (κ3) is 4.13. The van der Waals surface area contributed by atoms with E-state index in [4.69, 9.17) is 15.2 Å². The van der Waals surface area contributed by atoms with Gasteiger partial charge in [0.15, 0.2) is 11.5 Å². The van der Waals surface area contributed by atoms with Crippen LogP contribution < -0.4 is 15.2 Å². The zero-order chi connectivity index (χ0) is 22.0. The topological polar surface area (TPSA) is 98.9 Å². The van der Waals surface area contributed by atoms with Gasteiger partial charge in [0.25, 0.3) is 11.8 Å². The molecule has 2 aromatic rings. The number of nitrogens with two attached hydrogens (primary N) is 1. The Morgan fingerprint density at radius 3 is 2.26 bits per heavy atom. The number of benzene rings is 2. The Labute approximate surface area is 181 Å². The number of imide groups is 1. The normalized spacial score (nSPS) is 17.4. The summed E-state index contributed by atoms with van der Waals surface area (Å²) in [5.74, 6) is -0.366. The van der Waals surface area contributed by atoms with E-state index in [-0.39, 0.29) is 12.5 Å². The van der Waals surface area contributed by atoms with Crippen LogP contribution in [0.4, 0.5) is 0 Å². The molecular weight excluding hydrogens is 396 g/mol. The number of hydrogen-bond donors (Lipinski definition) is 1. The van der Waals surface area contributed by atoms with Crippen LogP contribution in [0.1, 0.15) is 70.8 Å². The zero-order valence-electron chi connectivity index (χ0n) is 17.5. The summed E-state index contributed by atoms with van der Waals surface area (Å²) in [6, 6.07) is 11.0. The SMILES string of the molecule is COc1ccc(C(CC(N)=O)N2C(=O)c3ccccc3C2=O)cc1OC1CCCCC1. The molecule has 1 fully saturated rings. The highest BCUT2D eigenvalue weighted by Gasteiger charge is 2.41. The van der Waals surface area contributed by atoms with Crippen LogP contribution in [0, 0.1) is 0 Å². The van der Waals surface area contributed by atoms with Gasteiger partial charge in [-0.05, 0) is 55.5 Å². The molecule has 2 aliphatic rings. The van der Waals surface area contributed by atoms with Crippen LogP contribution in [-0.2, 0) is 4.79 Å². The number of ether oxygens (including phenoxy) is 2. The average molecular weight is 422 g/mol. The van der Waals surface area contributed by atoms with Crippen molar-refractivity contribution in [2.24, 2.45) is 5.73 Å². The number of amides is 3. The van der Waals surface area contributed by atoms with E-state index in [9.17, 15) is 14.4 Å². The van der Waals surface area contributed by atoms with E-state index in [1.165, 1.54) is 6.42 Å². The molecule has 0 spiro atoms. The van der Waals surface area contributed by atoms with Gasteiger partial charge in [0.1, 0.15) is 0 Å². The molecule has 3 amide bonds. The standard InChI is InChI=1S/C24H26N2O5/c1-30-20-12-11-15(13-21(20)31-16-7-3-2-4-8-16)19(14-22(25)27)26-23(28)17-9-5-6-10-18(17)24(26)29/h5-6,9-13,16,19H,2-4,7-8,14H2,1H3,(H2,25,27). The first kappa shape index (κ1) is 20.9. The summed E-state index contributed by atoms with van der Waals surface area (Å²) in [4.78, 5) is 39.0. The van der Waals surface area contributed by atoms with Crippen molar-refractivity contribution in [2.45, 2.75) is 50.7 Å². The van der Waals surface area contributed by atoms with Crippen molar-refractivity contribution in [1.82, 2.24) is 4.90 Å². The van der Waals surface area contributed by atoms with E-state index >= 15 is 0 Å². The molecule has 4 rings (SSSR count). The fraction of sp³-hybridized carbons (Fsp3) is 0.375. The minimum atomic E-state index is -0.829. The summed E-state index contributed by atoms with van der Waals surface area (Å²) < 4.78 is 11.7. The van der Waals surface area contributed by atoms with E-state index in [1.54, 1.807) is 49.6 Å². The van der Waals surface area contributed by atoms with Gasteiger partial charge in [-0.2, -0.15) is 0 Å². The van der Waals surface area contributed by atoms with Gasteiger partial charge in [0, 0.05) is 0 Å². The van der Waals surface area contributed by atoms with Crippen LogP contribution >= 0.6 is 0 Å². The molecule has 1 aliphatic carbocycles. The number of nitrogens with zero attached hydrogens (tertiary/aromatic N) is 1. The average Bonchev–Trinajstić information content (AvgIpc) is 3.03. The van der Waals surface area contributed by atoms with Gasteiger partial charge in [-0.3, -0.25) is 19.3 Å². The Morgan fingerprint density at radius 2 is 1.68 bits per heavy atom. The predicted molar refractivity (Wildman–Crippen MR) is 114 cm³/mol. The van der Waals surface area contributed by atoms with Crippen LogP contribution in [0.25, 0.3) is 0 Å². The van der Waals surface area contributed by atoms with E-state index in [0.29, 0.717) is 28.2 Å². The van der Waals surface area contributed by atoms with E-state index in [0.717, 1.165) is 30.6 Å². The molecule has 1 heterocycles. The van der Waals surface area contributed by atoms with Gasteiger partial charge >= 0.3 is 0 Å². The monoisotopic (exact) mass is 422 g/mol. The number of carbonyl (C=O) groups is 3. The first-order chi connectivity index (χ1) is 15.0. The maximum Gasteiger partial charge on any atom is 0.262 e. The Balaban J connectivity index is 1.70. The maximum atomic E-state index is 13.0. The molecule has 1 atom stereocenters. The van der Waals surface area contributed by atoms with Crippen molar-refractivity contribution in [2.75, 3.05) is 7.11 Å². The molecule has 1 aliphatic heterocycles. The van der Waals surface area contributed by atoms with Crippen molar-refractivity contribution in [3.8, 4) is 11.5 Å². The van der Waals surface area contributed by atoms with Crippen molar-refractivity contribution >= 4 is 17.7 Å². The van der Waals surface area contributed by atoms with Gasteiger partial charge < -0.3 is 15.2 Å². The molecule has 7 heteroatoms. The second-order valence-corrected chi connectivity index (χ2v) is 8.00. The quantitative estimate of drug-likeness (QED) is 0.687. The number of rotatable bonds is 7. The molecule has 2 aromatic carbocycles. The Hall–Kier alpha value is -3.35. The minimum Gasteiger partial charge on any atom is -0.493 e. The number of hydrogen-bond acceptors (Lipinski definition) is 5. The van der Waals surface area contributed by atoms with Crippen molar-refractivity contribution in [3.05, 3.63) is 59.2 Å². The molecular formula is C24H26N2O5. The van der Waals surface area contributed by atoms with E-state index < -0.39 is 23.8 Å². The van der Waals surface area contributed by atoms with Crippen LogP contribution in [0.15, 0.2) is 42.5 Å². The lowest BCUT2D eigenvalue weighted by atomic mass is 9.97. The van der Waals surface area contributed by atoms with Gasteiger partial charge in [-0.25, -0.2) is 0 Å². The molecule has 0 radical (unpaired) electrons. The molecule has 0 saturated heterocycles. The van der Waals surface area contributed by atoms with Gasteiger partial charge in [-0.15, -0.1) is 0 Å². The second-order valence-electron chi connectivity index (χ2n) is 8.00. The highest BCUT2D eigenvalue weighted by Crippen LogP contribution is 2.38. The Morgan fingerprint density at radius 1 is 1.03 bits per heavy atom. The largest absolute Gasteiger partial charge is 0.493 e. The summed E-state index contributed by atoms with van der Waals surface area (Å²) >= 11 is 0. The molecule has 162 valence electrons. The number of fused-ring (bicyclic) bond motifs is 1. The fourth-order valence-electron chi connectivity index (χ4n) is 4.39. The zero-order valence-corrected chi connectivity index (χ0v) is 17.5. The minimum absolute atomic E-state index is 0.0896. The predicted octanol–water partition coefficient (Wildman–Crippen LogP) is 3.62. The molecule has 1 unspecified atom stereocenters. The summed E-state index contributed by atoms with van der Waals surface area (Å²) in [6.45, 7) is 0. The lowest BCUT2D eigenvalue weighted by Crippen LogP contribution is -2.36. The Kier molecular flexibility index (Phi) is 5.93. The second kappa shape index (κ2) is 8.79. The fourth-order valence-corrected chi connectivity index (χ4v) is 4.39. The number of carbonyl (C=O) groups excluding carboxylic acids is 3. The third-order valence-electron chi connectivity index (χ3n) is 5.95. The lowest BCUT2D eigenvalue weighted by molar-refractivity contribution is -0.118. The summed E-state index contributed by atoms with van der Waals surface area (Å²) in [5, 5.41) is 0. The third-order valence-corrected chi connectivity index (χ3v) is 5.95. The van der Waals surface area contributed by atoms with Crippen LogP contribution in [0.3, 0.4) is 0 Å². The van der Waals surface area contributed by atoms with Crippen molar-refractivity contribution in [1.29, 1.82) is 0 Å². The molecule has 2 N–H and O–H groups in total. The van der Waals surface area contributed by atoms with Gasteiger partial charge in [-0.1, -0.05) is 24.6 Å². The molecule has 0 bridgehead atoms. The lowest BCUT2D eigenvalue weighted by Gasteiger charge is -2.28. The van der Waals surface area contributed by atoms with E-state index in [1.807, 2.05) is 0 Å². The summed E-state index contributed by atoms with van der Waals surface area (Å²) in [7, 11) is 1.56.